The number of benzene rings is 1. The molecule has 3 heteroatoms. The summed E-state index contributed by atoms with van der Waals surface area (Å²) in [5.41, 5.74) is 1.02. The van der Waals surface area contributed by atoms with E-state index in [4.69, 9.17) is 11.6 Å². The number of Topliss-reactive ketones (excluding diaryl/α,β-unsaturated/α-hetero) is 1. The molecule has 1 aliphatic rings. The van der Waals surface area contributed by atoms with Gasteiger partial charge in [0.05, 0.1) is 6.54 Å². The van der Waals surface area contributed by atoms with E-state index in [2.05, 4.69) is 11.0 Å². The van der Waals surface area contributed by atoms with Crippen molar-refractivity contribution in [3.63, 3.8) is 0 Å². The maximum Gasteiger partial charge on any atom is 0.152 e. The van der Waals surface area contributed by atoms with Gasteiger partial charge in [0.1, 0.15) is 0 Å². The predicted molar refractivity (Wildman–Crippen MR) is 70.1 cm³/mol. The van der Waals surface area contributed by atoms with E-state index < -0.39 is 0 Å². The lowest BCUT2D eigenvalue weighted by atomic mass is 9.81. The molecule has 0 bridgehead atoms. The lowest BCUT2D eigenvalue weighted by molar-refractivity contribution is -0.132. The average Bonchev–Trinajstić information content (AvgIpc) is 2.24. The Morgan fingerprint density at radius 2 is 2.18 bits per heavy atom. The number of carbonyl (C=O) groups is 1. The zero-order valence-corrected chi connectivity index (χ0v) is 11.1. The van der Waals surface area contributed by atoms with Gasteiger partial charge in [-0.2, -0.15) is 0 Å². The number of likely N-dealkylation sites (tertiary alicyclic amines) is 1. The van der Waals surface area contributed by atoms with Crippen molar-refractivity contribution < 1.29 is 4.79 Å². The minimum Gasteiger partial charge on any atom is -0.298 e. The van der Waals surface area contributed by atoms with Crippen molar-refractivity contribution in [2.75, 3.05) is 13.1 Å². The third-order valence-corrected chi connectivity index (χ3v) is 3.71. The van der Waals surface area contributed by atoms with E-state index in [-0.39, 0.29) is 5.41 Å². The molecule has 1 fully saturated rings. The average molecular weight is 252 g/mol. The fraction of sp³-hybridized carbons (Fsp3) is 0.500. The van der Waals surface area contributed by atoms with Gasteiger partial charge in [-0.15, -0.1) is 0 Å². The first-order valence-corrected chi connectivity index (χ1v) is 6.35. The van der Waals surface area contributed by atoms with E-state index in [1.54, 1.807) is 0 Å². The second kappa shape index (κ2) is 4.79. The first kappa shape index (κ1) is 12.6. The number of ketones is 1. The summed E-state index contributed by atoms with van der Waals surface area (Å²) < 4.78 is 0. The van der Waals surface area contributed by atoms with Crippen molar-refractivity contribution >= 4 is 17.4 Å². The predicted octanol–water partition coefficient (Wildman–Crippen LogP) is 3.14. The molecule has 1 heterocycles. The zero-order valence-electron chi connectivity index (χ0n) is 10.4. The number of nitrogens with zero attached hydrogens (tertiary/aromatic N) is 1. The van der Waals surface area contributed by atoms with Gasteiger partial charge >= 0.3 is 0 Å². The van der Waals surface area contributed by atoms with Crippen LogP contribution in [0.1, 0.15) is 25.8 Å². The summed E-state index contributed by atoms with van der Waals surface area (Å²) in [4.78, 5) is 14.1. The third-order valence-electron chi connectivity index (χ3n) is 3.47. The smallest absolute Gasteiger partial charge is 0.152 e. The van der Waals surface area contributed by atoms with Gasteiger partial charge in [0.25, 0.3) is 0 Å². The Balaban J connectivity index is 2.00. The molecule has 92 valence electrons. The van der Waals surface area contributed by atoms with Gasteiger partial charge in [-0.25, -0.2) is 0 Å². The first-order chi connectivity index (χ1) is 7.97. The summed E-state index contributed by atoms with van der Waals surface area (Å²) in [6.07, 6.45) is 0.937. The molecule has 17 heavy (non-hydrogen) atoms. The molecule has 0 N–H and O–H groups in total. The Morgan fingerprint density at radius 1 is 1.41 bits per heavy atom. The van der Waals surface area contributed by atoms with Crippen LogP contribution in [0.5, 0.6) is 0 Å². The maximum absolute atomic E-state index is 11.9. The highest BCUT2D eigenvalue weighted by Gasteiger charge is 2.33. The summed E-state index contributed by atoms with van der Waals surface area (Å²) >= 11 is 5.95. The molecule has 0 unspecified atom stereocenters. The molecular formula is C14H18ClNO. The summed E-state index contributed by atoms with van der Waals surface area (Å²) in [6, 6.07) is 7.84. The second-order valence-electron chi connectivity index (χ2n) is 5.40. The van der Waals surface area contributed by atoms with Crippen LogP contribution >= 0.6 is 11.6 Å². The molecule has 1 aliphatic heterocycles. The highest BCUT2D eigenvalue weighted by molar-refractivity contribution is 6.30. The molecule has 1 aromatic rings. The quantitative estimate of drug-likeness (QED) is 0.805. The molecule has 2 nitrogen and oxygen atoms in total. The minimum atomic E-state index is -0.148. The molecule has 0 aromatic heterocycles. The number of halogens is 1. The van der Waals surface area contributed by atoms with Gasteiger partial charge in [-0.05, 0) is 30.7 Å². The van der Waals surface area contributed by atoms with E-state index >= 15 is 0 Å². The van der Waals surface area contributed by atoms with Crippen molar-refractivity contribution in [2.24, 2.45) is 5.41 Å². The van der Waals surface area contributed by atoms with Crippen LogP contribution in [0.2, 0.25) is 5.02 Å². The van der Waals surface area contributed by atoms with Crippen LogP contribution in [0, 0.1) is 5.41 Å². The van der Waals surface area contributed by atoms with E-state index in [0.717, 1.165) is 24.5 Å². The van der Waals surface area contributed by atoms with Crippen LogP contribution in [0.4, 0.5) is 0 Å². The van der Waals surface area contributed by atoms with Crippen molar-refractivity contribution in [3.8, 4) is 0 Å². The minimum absolute atomic E-state index is 0.148. The van der Waals surface area contributed by atoms with E-state index in [9.17, 15) is 4.79 Å². The Kier molecular flexibility index (Phi) is 3.55. The van der Waals surface area contributed by atoms with Crippen molar-refractivity contribution in [1.82, 2.24) is 4.90 Å². The zero-order chi connectivity index (χ0) is 12.5. The van der Waals surface area contributed by atoms with Crippen LogP contribution in [-0.2, 0) is 11.3 Å². The number of rotatable bonds is 2. The van der Waals surface area contributed by atoms with Gasteiger partial charge in [0.2, 0.25) is 0 Å². The van der Waals surface area contributed by atoms with Crippen LogP contribution < -0.4 is 0 Å². The van der Waals surface area contributed by atoms with Gasteiger partial charge in [0.15, 0.2) is 5.78 Å². The van der Waals surface area contributed by atoms with Gasteiger partial charge in [-0.3, -0.25) is 9.69 Å². The third kappa shape index (κ3) is 3.08. The van der Waals surface area contributed by atoms with Gasteiger partial charge < -0.3 is 0 Å². The highest BCUT2D eigenvalue weighted by atomic mass is 35.5. The SMILES string of the molecule is CC1(C)CCN(Cc2cccc(Cl)c2)CC1=O. The van der Waals surface area contributed by atoms with Crippen LogP contribution in [0.15, 0.2) is 24.3 Å². The summed E-state index contributed by atoms with van der Waals surface area (Å²) in [7, 11) is 0. The molecule has 0 amide bonds. The molecule has 0 atom stereocenters. The standard InChI is InChI=1S/C14H18ClNO/c1-14(2)6-7-16(10-13(14)17)9-11-4-3-5-12(15)8-11/h3-5,8H,6-7,9-10H2,1-2H3. The fourth-order valence-electron chi connectivity index (χ4n) is 2.10. The molecule has 1 saturated heterocycles. The topological polar surface area (TPSA) is 20.3 Å². The van der Waals surface area contributed by atoms with Crippen LogP contribution in [0.3, 0.4) is 0 Å². The number of carbonyl (C=O) groups excluding carboxylic acids is 1. The molecule has 0 spiro atoms. The number of piperidine rings is 1. The van der Waals surface area contributed by atoms with Crippen LogP contribution in [0.25, 0.3) is 0 Å². The summed E-state index contributed by atoms with van der Waals surface area (Å²) in [5.74, 6) is 0.339. The number of hydrogen-bond acceptors (Lipinski definition) is 2. The fourth-order valence-corrected chi connectivity index (χ4v) is 2.31. The van der Waals surface area contributed by atoms with Crippen molar-refractivity contribution in [1.29, 1.82) is 0 Å². The Labute approximate surface area is 108 Å². The Hall–Kier alpha value is -0.860. The lowest BCUT2D eigenvalue weighted by Crippen LogP contribution is -2.44. The van der Waals surface area contributed by atoms with E-state index in [1.165, 1.54) is 5.56 Å². The molecule has 0 radical (unpaired) electrons. The van der Waals surface area contributed by atoms with Crippen molar-refractivity contribution in [3.05, 3.63) is 34.9 Å². The van der Waals surface area contributed by atoms with Gasteiger partial charge in [0, 0.05) is 17.0 Å². The van der Waals surface area contributed by atoms with E-state index in [0.29, 0.717) is 12.3 Å². The maximum atomic E-state index is 11.9. The first-order valence-electron chi connectivity index (χ1n) is 5.97. The van der Waals surface area contributed by atoms with E-state index in [1.807, 2.05) is 32.0 Å². The number of hydrogen-bond donors (Lipinski definition) is 0. The monoisotopic (exact) mass is 251 g/mol. The highest BCUT2D eigenvalue weighted by Crippen LogP contribution is 2.27. The molecule has 1 aromatic carbocycles. The lowest BCUT2D eigenvalue weighted by Gasteiger charge is -2.35. The summed E-state index contributed by atoms with van der Waals surface area (Å²) in [5, 5.41) is 0.756. The molecular weight excluding hydrogens is 234 g/mol. The normalized spacial score (nSPS) is 20.5. The Bertz CT molecular complexity index is 428. The summed E-state index contributed by atoms with van der Waals surface area (Å²) in [6.45, 7) is 6.41. The Morgan fingerprint density at radius 3 is 2.82 bits per heavy atom. The molecule has 2 rings (SSSR count). The van der Waals surface area contributed by atoms with Gasteiger partial charge in [-0.1, -0.05) is 37.6 Å². The second-order valence-corrected chi connectivity index (χ2v) is 5.83. The largest absolute Gasteiger partial charge is 0.298 e. The van der Waals surface area contributed by atoms with Crippen molar-refractivity contribution in [2.45, 2.75) is 26.8 Å². The molecule has 0 saturated carbocycles. The van der Waals surface area contributed by atoms with Crippen LogP contribution in [-0.4, -0.2) is 23.8 Å². The molecule has 0 aliphatic carbocycles.